The summed E-state index contributed by atoms with van der Waals surface area (Å²) in [6, 6.07) is 10.9. The third-order valence-corrected chi connectivity index (χ3v) is 6.02. The van der Waals surface area contributed by atoms with Crippen LogP contribution in [0.25, 0.3) is 0 Å². The highest BCUT2D eigenvalue weighted by Crippen LogP contribution is 2.24. The fraction of sp³-hybridized carbons (Fsp3) is 0.391. The summed E-state index contributed by atoms with van der Waals surface area (Å²) in [6.45, 7) is 6.62. The Bertz CT molecular complexity index is 904. The van der Waals surface area contributed by atoms with Crippen molar-refractivity contribution in [3.05, 3.63) is 63.1 Å². The van der Waals surface area contributed by atoms with Crippen LogP contribution in [0, 0.1) is 13.8 Å². The molecule has 0 aliphatic carbocycles. The van der Waals surface area contributed by atoms with Gasteiger partial charge in [-0.15, -0.1) is 0 Å². The lowest BCUT2D eigenvalue weighted by Crippen LogP contribution is -2.50. The standard InChI is InChI=1S/C23H26Cl2N2O3/c1-16-5-3-6-17(2)22(16)30-14-4-7-21(28)26-10-12-27(13-11-26)23(29)18-8-9-19(24)20(25)15-18/h3,5-6,8-9,15H,4,7,10-14H2,1-2H3. The van der Waals surface area contributed by atoms with Gasteiger partial charge >= 0.3 is 0 Å². The number of carbonyl (C=O) groups is 2. The molecule has 0 bridgehead atoms. The maximum absolute atomic E-state index is 12.6. The number of rotatable bonds is 6. The molecule has 1 heterocycles. The summed E-state index contributed by atoms with van der Waals surface area (Å²) in [5.41, 5.74) is 2.71. The average Bonchev–Trinajstić information content (AvgIpc) is 2.74. The average molecular weight is 449 g/mol. The van der Waals surface area contributed by atoms with Crippen molar-refractivity contribution in [3.8, 4) is 5.75 Å². The first kappa shape index (κ1) is 22.4. The number of amides is 2. The van der Waals surface area contributed by atoms with Crippen LogP contribution in [0.4, 0.5) is 0 Å². The zero-order chi connectivity index (χ0) is 21.7. The number of halogens is 2. The molecule has 0 N–H and O–H groups in total. The number of nitrogens with zero attached hydrogens (tertiary/aromatic N) is 2. The van der Waals surface area contributed by atoms with E-state index in [0.717, 1.165) is 16.9 Å². The molecule has 2 aromatic carbocycles. The molecule has 0 atom stereocenters. The number of carbonyl (C=O) groups excluding carboxylic acids is 2. The lowest BCUT2D eigenvalue weighted by Gasteiger charge is -2.35. The smallest absolute Gasteiger partial charge is 0.254 e. The predicted molar refractivity (Wildman–Crippen MR) is 120 cm³/mol. The first-order chi connectivity index (χ1) is 14.4. The molecule has 30 heavy (non-hydrogen) atoms. The van der Waals surface area contributed by atoms with Crippen molar-refractivity contribution >= 4 is 35.0 Å². The van der Waals surface area contributed by atoms with Gasteiger partial charge in [-0.05, 0) is 49.6 Å². The molecule has 1 aliphatic heterocycles. The number of piperazine rings is 1. The summed E-state index contributed by atoms with van der Waals surface area (Å²) < 4.78 is 5.88. The molecule has 1 saturated heterocycles. The Hall–Kier alpha value is -2.24. The van der Waals surface area contributed by atoms with E-state index in [1.54, 1.807) is 23.1 Å². The van der Waals surface area contributed by atoms with Crippen molar-refractivity contribution in [1.29, 1.82) is 0 Å². The maximum Gasteiger partial charge on any atom is 0.254 e. The Balaban J connectivity index is 1.42. The van der Waals surface area contributed by atoms with E-state index in [1.165, 1.54) is 0 Å². The minimum Gasteiger partial charge on any atom is -0.493 e. The molecule has 2 amide bonds. The molecule has 2 aromatic rings. The van der Waals surface area contributed by atoms with E-state index in [9.17, 15) is 9.59 Å². The van der Waals surface area contributed by atoms with E-state index in [0.29, 0.717) is 61.2 Å². The Labute approximate surface area is 187 Å². The van der Waals surface area contributed by atoms with Crippen LogP contribution in [0.1, 0.15) is 34.3 Å². The number of para-hydroxylation sites is 1. The maximum atomic E-state index is 12.6. The highest BCUT2D eigenvalue weighted by atomic mass is 35.5. The summed E-state index contributed by atoms with van der Waals surface area (Å²) in [5.74, 6) is 0.906. The number of hydrogen-bond acceptors (Lipinski definition) is 3. The number of ether oxygens (including phenoxy) is 1. The molecule has 7 heteroatoms. The normalized spacial score (nSPS) is 14.0. The van der Waals surface area contributed by atoms with E-state index in [4.69, 9.17) is 27.9 Å². The van der Waals surface area contributed by atoms with Crippen molar-refractivity contribution < 1.29 is 14.3 Å². The van der Waals surface area contributed by atoms with Gasteiger partial charge in [-0.25, -0.2) is 0 Å². The number of hydrogen-bond donors (Lipinski definition) is 0. The van der Waals surface area contributed by atoms with Crippen LogP contribution in [-0.4, -0.2) is 54.4 Å². The molecule has 160 valence electrons. The van der Waals surface area contributed by atoms with Gasteiger partial charge in [-0.1, -0.05) is 41.4 Å². The summed E-state index contributed by atoms with van der Waals surface area (Å²) >= 11 is 11.9. The van der Waals surface area contributed by atoms with Crippen LogP contribution in [-0.2, 0) is 4.79 Å². The molecule has 1 fully saturated rings. The zero-order valence-corrected chi connectivity index (χ0v) is 18.8. The van der Waals surface area contributed by atoms with Crippen LogP contribution in [0.2, 0.25) is 10.0 Å². The highest BCUT2D eigenvalue weighted by molar-refractivity contribution is 6.42. The zero-order valence-electron chi connectivity index (χ0n) is 17.3. The molecule has 3 rings (SSSR count). The largest absolute Gasteiger partial charge is 0.493 e. The van der Waals surface area contributed by atoms with Crippen LogP contribution in [0.15, 0.2) is 36.4 Å². The topological polar surface area (TPSA) is 49.9 Å². The third kappa shape index (κ3) is 5.46. The van der Waals surface area contributed by atoms with Gasteiger partial charge < -0.3 is 14.5 Å². The second-order valence-corrected chi connectivity index (χ2v) is 8.29. The Morgan fingerprint density at radius 1 is 0.933 bits per heavy atom. The Kier molecular flexibility index (Phi) is 7.62. The lowest BCUT2D eigenvalue weighted by molar-refractivity contribution is -0.132. The second-order valence-electron chi connectivity index (χ2n) is 7.47. The van der Waals surface area contributed by atoms with Gasteiger partial charge in [0.15, 0.2) is 0 Å². The minimum absolute atomic E-state index is 0.0948. The fourth-order valence-electron chi connectivity index (χ4n) is 3.55. The first-order valence-corrected chi connectivity index (χ1v) is 10.8. The van der Waals surface area contributed by atoms with Crippen molar-refractivity contribution in [2.45, 2.75) is 26.7 Å². The second kappa shape index (κ2) is 10.2. The Morgan fingerprint density at radius 2 is 1.57 bits per heavy atom. The van der Waals surface area contributed by atoms with Gasteiger partial charge in [-0.3, -0.25) is 9.59 Å². The molecule has 1 aliphatic rings. The third-order valence-electron chi connectivity index (χ3n) is 5.28. The molecular weight excluding hydrogens is 423 g/mol. The van der Waals surface area contributed by atoms with E-state index in [-0.39, 0.29) is 11.8 Å². The highest BCUT2D eigenvalue weighted by Gasteiger charge is 2.25. The van der Waals surface area contributed by atoms with E-state index < -0.39 is 0 Å². The monoisotopic (exact) mass is 448 g/mol. The summed E-state index contributed by atoms with van der Waals surface area (Å²) in [7, 11) is 0. The molecule has 0 radical (unpaired) electrons. The summed E-state index contributed by atoms with van der Waals surface area (Å²) in [5, 5.41) is 0.782. The van der Waals surface area contributed by atoms with E-state index >= 15 is 0 Å². The molecule has 0 spiro atoms. The van der Waals surface area contributed by atoms with Gasteiger partial charge in [0, 0.05) is 38.2 Å². The van der Waals surface area contributed by atoms with Crippen LogP contribution < -0.4 is 4.74 Å². The molecular formula is C23H26Cl2N2O3. The van der Waals surface area contributed by atoms with Crippen molar-refractivity contribution in [1.82, 2.24) is 9.80 Å². The van der Waals surface area contributed by atoms with Crippen molar-refractivity contribution in [2.75, 3.05) is 32.8 Å². The minimum atomic E-state index is -0.0948. The van der Waals surface area contributed by atoms with Gasteiger partial charge in [-0.2, -0.15) is 0 Å². The fourth-order valence-corrected chi connectivity index (χ4v) is 3.85. The molecule has 5 nitrogen and oxygen atoms in total. The number of aryl methyl sites for hydroxylation is 2. The number of benzene rings is 2. The van der Waals surface area contributed by atoms with Crippen molar-refractivity contribution in [3.63, 3.8) is 0 Å². The van der Waals surface area contributed by atoms with Gasteiger partial charge in [0.1, 0.15) is 5.75 Å². The van der Waals surface area contributed by atoms with Crippen LogP contribution >= 0.6 is 23.2 Å². The lowest BCUT2D eigenvalue weighted by atomic mass is 10.1. The first-order valence-electron chi connectivity index (χ1n) is 10.1. The SMILES string of the molecule is Cc1cccc(C)c1OCCCC(=O)N1CCN(C(=O)c2ccc(Cl)c(Cl)c2)CC1. The Morgan fingerprint density at radius 3 is 2.20 bits per heavy atom. The van der Waals surface area contributed by atoms with E-state index in [2.05, 4.69) is 0 Å². The van der Waals surface area contributed by atoms with Crippen LogP contribution in [0.5, 0.6) is 5.75 Å². The van der Waals surface area contributed by atoms with E-state index in [1.807, 2.05) is 36.9 Å². The predicted octanol–water partition coefficient (Wildman–Crippen LogP) is 4.75. The van der Waals surface area contributed by atoms with Crippen molar-refractivity contribution in [2.24, 2.45) is 0 Å². The molecule has 0 aromatic heterocycles. The quantitative estimate of drug-likeness (QED) is 0.598. The van der Waals surface area contributed by atoms with Crippen LogP contribution in [0.3, 0.4) is 0 Å². The summed E-state index contributed by atoms with van der Waals surface area (Å²) in [6.07, 6.45) is 1.10. The van der Waals surface area contributed by atoms with Gasteiger partial charge in [0.25, 0.3) is 5.91 Å². The molecule has 0 unspecified atom stereocenters. The molecule has 0 saturated carbocycles. The van der Waals surface area contributed by atoms with Gasteiger partial charge in [0.2, 0.25) is 5.91 Å². The summed E-state index contributed by atoms with van der Waals surface area (Å²) in [4.78, 5) is 28.7. The van der Waals surface area contributed by atoms with Gasteiger partial charge in [0.05, 0.1) is 16.7 Å².